The van der Waals surface area contributed by atoms with Crippen molar-refractivity contribution in [3.63, 3.8) is 0 Å². The number of carbonyl (C=O) groups excluding carboxylic acids is 2. The molecule has 0 saturated carbocycles. The van der Waals surface area contributed by atoms with E-state index in [0.29, 0.717) is 38.5 Å². The van der Waals surface area contributed by atoms with Crippen molar-refractivity contribution in [1.82, 2.24) is 24.7 Å². The minimum absolute atomic E-state index is 0.0384. The number of hydrogen-bond acceptors (Lipinski definition) is 6. The molecule has 1 N–H and O–H groups in total. The van der Waals surface area contributed by atoms with Gasteiger partial charge in [-0.2, -0.15) is 5.10 Å². The lowest BCUT2D eigenvalue weighted by molar-refractivity contribution is -0.133. The Kier molecular flexibility index (Phi) is 8.83. The van der Waals surface area contributed by atoms with E-state index in [4.69, 9.17) is 14.6 Å². The number of hydrazone groups is 1. The maximum atomic E-state index is 13.8. The molecule has 2 aliphatic heterocycles. The van der Waals surface area contributed by atoms with Gasteiger partial charge in [0.15, 0.2) is 0 Å². The summed E-state index contributed by atoms with van der Waals surface area (Å²) in [5, 5.41) is 9.26. The van der Waals surface area contributed by atoms with Gasteiger partial charge >= 0.3 is 6.03 Å². The Hall–Kier alpha value is -3.37. The predicted molar refractivity (Wildman–Crippen MR) is 142 cm³/mol. The highest BCUT2D eigenvalue weighted by Gasteiger charge is 2.36. The monoisotopic (exact) mass is 510 g/mol. The Labute approximate surface area is 218 Å². The Morgan fingerprint density at radius 1 is 1.19 bits per heavy atom. The van der Waals surface area contributed by atoms with E-state index in [1.807, 2.05) is 68.1 Å². The third kappa shape index (κ3) is 6.50. The van der Waals surface area contributed by atoms with E-state index < -0.39 is 0 Å². The van der Waals surface area contributed by atoms with Gasteiger partial charge in [-0.3, -0.25) is 9.69 Å². The van der Waals surface area contributed by atoms with E-state index in [-0.39, 0.29) is 30.6 Å². The summed E-state index contributed by atoms with van der Waals surface area (Å²) in [7, 11) is 3.59. The van der Waals surface area contributed by atoms with Gasteiger partial charge in [-0.25, -0.2) is 9.80 Å². The number of aromatic nitrogens is 1. The number of methoxy groups -OCH3 is 1. The number of morpholine rings is 1. The molecule has 4 rings (SSSR count). The summed E-state index contributed by atoms with van der Waals surface area (Å²) in [5.74, 6) is 0.469. The molecule has 2 aliphatic rings. The molecule has 0 bridgehead atoms. The third-order valence-electron chi connectivity index (χ3n) is 6.72. The van der Waals surface area contributed by atoms with Gasteiger partial charge in [0.1, 0.15) is 12.3 Å². The van der Waals surface area contributed by atoms with Crippen LogP contribution in [0.5, 0.6) is 5.75 Å². The molecule has 0 radical (unpaired) electrons. The van der Waals surface area contributed by atoms with Crippen LogP contribution in [0.1, 0.15) is 37.6 Å². The molecule has 10 nitrogen and oxygen atoms in total. The predicted octanol–water partition coefficient (Wildman–Crippen LogP) is 2.46. The van der Waals surface area contributed by atoms with Gasteiger partial charge in [-0.1, -0.05) is 18.2 Å². The molecule has 1 atom stereocenters. The number of aryl methyl sites for hydroxylation is 1. The number of hydrogen-bond donors (Lipinski definition) is 1. The highest BCUT2D eigenvalue weighted by molar-refractivity contribution is 6.02. The molecule has 3 heterocycles. The lowest BCUT2D eigenvalue weighted by Crippen LogP contribution is -2.50. The van der Waals surface area contributed by atoms with Crippen LogP contribution in [0, 0.1) is 0 Å². The van der Waals surface area contributed by atoms with Gasteiger partial charge in [-0.15, -0.1) is 0 Å². The molecule has 1 fully saturated rings. The number of carbonyl (C=O) groups is 2. The second-order valence-corrected chi connectivity index (χ2v) is 9.73. The van der Waals surface area contributed by atoms with Gasteiger partial charge < -0.3 is 24.3 Å². The Bertz CT molecular complexity index is 1110. The van der Waals surface area contributed by atoms with Crippen LogP contribution in [0.3, 0.4) is 0 Å². The second kappa shape index (κ2) is 12.2. The third-order valence-corrected chi connectivity index (χ3v) is 6.72. The minimum Gasteiger partial charge on any atom is -0.496 e. The van der Waals surface area contributed by atoms with Crippen molar-refractivity contribution in [2.45, 2.75) is 32.4 Å². The van der Waals surface area contributed by atoms with Crippen LogP contribution in [0.15, 0.2) is 47.7 Å². The summed E-state index contributed by atoms with van der Waals surface area (Å²) in [5.41, 5.74) is 2.66. The summed E-state index contributed by atoms with van der Waals surface area (Å²) in [6.07, 6.45) is 2.51. The van der Waals surface area contributed by atoms with Gasteiger partial charge in [0.25, 0.3) is 5.91 Å². The van der Waals surface area contributed by atoms with Crippen molar-refractivity contribution >= 4 is 17.6 Å². The molecule has 3 amide bonds. The standard InChI is InChI=1S/C27H38N6O4/c1-20(2)28-27(35)32(13-12-31-14-16-37-17-15-31)19-26(34)33-24(21-8-5-6-10-25(21)36-4)18-22(29-33)23-9-7-11-30(23)3/h5-11,20,24H,12-19H2,1-4H3,(H,28,35). The Morgan fingerprint density at radius 3 is 2.62 bits per heavy atom. The molecule has 1 aromatic heterocycles. The number of nitrogens with one attached hydrogen (secondary N) is 1. The van der Waals surface area contributed by atoms with E-state index in [1.54, 1.807) is 12.0 Å². The molecule has 10 heteroatoms. The van der Waals surface area contributed by atoms with E-state index in [9.17, 15) is 9.59 Å². The van der Waals surface area contributed by atoms with Gasteiger partial charge in [-0.05, 0) is 32.0 Å². The quantitative estimate of drug-likeness (QED) is 0.560. The molecule has 1 aromatic carbocycles. The van der Waals surface area contributed by atoms with Crippen molar-refractivity contribution in [3.8, 4) is 5.75 Å². The summed E-state index contributed by atoms with van der Waals surface area (Å²) in [4.78, 5) is 30.7. The van der Waals surface area contributed by atoms with Crippen LogP contribution < -0.4 is 10.1 Å². The number of ether oxygens (including phenoxy) is 2. The van der Waals surface area contributed by atoms with Crippen LogP contribution in [0.25, 0.3) is 0 Å². The normalized spacial score (nSPS) is 18.1. The number of benzene rings is 1. The van der Waals surface area contributed by atoms with Crippen molar-refractivity contribution in [2.75, 3.05) is 53.0 Å². The summed E-state index contributed by atoms with van der Waals surface area (Å²) >= 11 is 0. The maximum absolute atomic E-state index is 13.8. The first kappa shape index (κ1) is 26.7. The van der Waals surface area contributed by atoms with Crippen molar-refractivity contribution < 1.29 is 19.1 Å². The molecule has 2 aromatic rings. The molecular formula is C27H38N6O4. The first-order valence-electron chi connectivity index (χ1n) is 12.9. The van der Waals surface area contributed by atoms with Gasteiger partial charge in [0.05, 0.1) is 37.8 Å². The minimum atomic E-state index is -0.331. The largest absolute Gasteiger partial charge is 0.496 e. The zero-order valence-electron chi connectivity index (χ0n) is 22.2. The summed E-state index contributed by atoms with van der Waals surface area (Å²) in [6, 6.07) is 11.0. The number of nitrogens with zero attached hydrogens (tertiary/aromatic N) is 5. The zero-order valence-corrected chi connectivity index (χ0v) is 22.2. The fourth-order valence-electron chi connectivity index (χ4n) is 4.75. The molecule has 200 valence electrons. The first-order chi connectivity index (χ1) is 17.9. The molecule has 0 aliphatic carbocycles. The highest BCUT2D eigenvalue weighted by Crippen LogP contribution is 2.37. The molecule has 1 saturated heterocycles. The van der Waals surface area contributed by atoms with Gasteiger partial charge in [0.2, 0.25) is 0 Å². The molecular weight excluding hydrogens is 472 g/mol. The van der Waals surface area contributed by atoms with Crippen molar-refractivity contribution in [3.05, 3.63) is 53.9 Å². The molecule has 37 heavy (non-hydrogen) atoms. The second-order valence-electron chi connectivity index (χ2n) is 9.73. The van der Waals surface area contributed by atoms with Crippen molar-refractivity contribution in [2.24, 2.45) is 12.1 Å². The zero-order chi connectivity index (χ0) is 26.4. The SMILES string of the molecule is COc1ccccc1C1CC(c2cccn2C)=NN1C(=O)CN(CCN1CCOCC1)C(=O)NC(C)C. The van der Waals surface area contributed by atoms with Gasteiger partial charge in [0, 0.05) is 57.4 Å². The van der Waals surface area contributed by atoms with Crippen LogP contribution in [-0.4, -0.2) is 96.1 Å². The average Bonchev–Trinajstić information content (AvgIpc) is 3.52. The van der Waals surface area contributed by atoms with Crippen LogP contribution in [0.2, 0.25) is 0 Å². The average molecular weight is 511 g/mol. The molecule has 1 unspecified atom stereocenters. The lowest BCUT2D eigenvalue weighted by Gasteiger charge is -2.31. The number of urea groups is 1. The highest BCUT2D eigenvalue weighted by atomic mass is 16.5. The van der Waals surface area contributed by atoms with E-state index in [2.05, 4.69) is 10.2 Å². The van der Waals surface area contributed by atoms with E-state index in [0.717, 1.165) is 30.1 Å². The van der Waals surface area contributed by atoms with Crippen LogP contribution in [-0.2, 0) is 16.6 Å². The molecule has 0 spiro atoms. The van der Waals surface area contributed by atoms with Crippen LogP contribution >= 0.6 is 0 Å². The van der Waals surface area contributed by atoms with E-state index in [1.165, 1.54) is 5.01 Å². The number of rotatable bonds is 9. The first-order valence-corrected chi connectivity index (χ1v) is 12.9. The summed E-state index contributed by atoms with van der Waals surface area (Å²) in [6.45, 7) is 7.87. The van der Waals surface area contributed by atoms with Crippen molar-refractivity contribution in [1.29, 1.82) is 0 Å². The summed E-state index contributed by atoms with van der Waals surface area (Å²) < 4.78 is 13.1. The fourth-order valence-corrected chi connectivity index (χ4v) is 4.75. The van der Waals surface area contributed by atoms with Crippen LogP contribution in [0.4, 0.5) is 4.79 Å². The number of para-hydroxylation sites is 1. The fraction of sp³-hybridized carbons (Fsp3) is 0.519. The Balaban J connectivity index is 1.58. The lowest BCUT2D eigenvalue weighted by atomic mass is 9.99. The topological polar surface area (TPSA) is 91.6 Å². The number of amides is 3. The smallest absolute Gasteiger partial charge is 0.318 e. The maximum Gasteiger partial charge on any atom is 0.318 e. The Morgan fingerprint density at radius 2 is 1.95 bits per heavy atom. The van der Waals surface area contributed by atoms with E-state index >= 15 is 0 Å².